The first-order chi connectivity index (χ1) is 56.9. The lowest BCUT2D eigenvalue weighted by molar-refractivity contribution is 0.584. The molecule has 0 N–H and O–H groups in total. The van der Waals surface area contributed by atoms with Gasteiger partial charge < -0.3 is 9.80 Å². The molecular formula is C119H124N2. The van der Waals surface area contributed by atoms with Gasteiger partial charge in [0.05, 0.1) is 0 Å². The van der Waals surface area contributed by atoms with Crippen molar-refractivity contribution in [3.8, 4) is 89.0 Å². The van der Waals surface area contributed by atoms with Gasteiger partial charge >= 0.3 is 0 Å². The van der Waals surface area contributed by atoms with Crippen LogP contribution in [0, 0.1) is 20.8 Å². The maximum Gasteiger partial charge on any atom is 0.0474 e. The summed E-state index contributed by atoms with van der Waals surface area (Å²) in [4.78, 5) is 4.87. The molecule has 0 fully saturated rings. The summed E-state index contributed by atoms with van der Waals surface area (Å²) in [5, 5.41) is 0. The number of fused-ring (bicyclic) bond motifs is 12. The molecule has 0 bridgehead atoms. The number of benzene rings is 14. The van der Waals surface area contributed by atoms with Crippen LogP contribution in [0.5, 0.6) is 0 Å². The van der Waals surface area contributed by atoms with Gasteiger partial charge in [0.25, 0.3) is 0 Å². The van der Waals surface area contributed by atoms with Crippen molar-refractivity contribution >= 4 is 34.1 Å². The molecule has 0 aromatic heterocycles. The smallest absolute Gasteiger partial charge is 0.0474 e. The SMILES string of the molecule is Cc1ccc(N(c2ccccc2)c2cc(-c3ccc4c(c3)C(C)(C)c3cc(C(C)(C)C)ccc3-4)c(C(C)(C)C)c(-c3ccc4c(c3)C(C)(C)c3cc(C(C)(C)C)ccc3-4)c2)cc1.Cc1ccc(N(c2ccccc2)c2cc(-c3ccc4c(c3)C(C)(C)c3cc(C(C)(C)C)ccc3-4)c(C)c(-c3ccc4c(c3)C(C)(C)c3cc(C(C)(C)C)ccc3-4)c2)cc1. The maximum atomic E-state index is 2.53. The molecule has 610 valence electrons. The summed E-state index contributed by atoms with van der Waals surface area (Å²) in [6.07, 6.45) is 0. The summed E-state index contributed by atoms with van der Waals surface area (Å²) in [5.74, 6) is 0. The Kier molecular flexibility index (Phi) is 19.6. The zero-order valence-electron chi connectivity index (χ0n) is 77.0. The molecule has 0 heterocycles. The fourth-order valence-corrected chi connectivity index (χ4v) is 20.4. The molecule has 0 radical (unpaired) electrons. The third-order valence-electron chi connectivity index (χ3n) is 27.8. The van der Waals surface area contributed by atoms with Crippen molar-refractivity contribution in [1.82, 2.24) is 0 Å². The van der Waals surface area contributed by atoms with Gasteiger partial charge in [0.2, 0.25) is 0 Å². The predicted octanol–water partition coefficient (Wildman–Crippen LogP) is 33.6. The van der Waals surface area contributed by atoms with E-state index in [1.165, 1.54) is 178 Å². The number of rotatable bonds is 10. The molecule has 0 saturated carbocycles. The Morgan fingerprint density at radius 1 is 0.190 bits per heavy atom. The largest absolute Gasteiger partial charge is 0.310 e. The first kappa shape index (κ1) is 82.0. The van der Waals surface area contributed by atoms with E-state index in [9.17, 15) is 0 Å². The minimum atomic E-state index is -0.178. The number of hydrogen-bond donors (Lipinski definition) is 0. The molecule has 4 aliphatic carbocycles. The maximum absolute atomic E-state index is 2.53. The number of para-hydroxylation sites is 2. The predicted molar refractivity (Wildman–Crippen MR) is 522 cm³/mol. The Labute approximate surface area is 724 Å². The second kappa shape index (κ2) is 28.9. The van der Waals surface area contributed by atoms with Crippen LogP contribution in [-0.4, -0.2) is 0 Å². The highest BCUT2D eigenvalue weighted by Gasteiger charge is 2.43. The lowest BCUT2D eigenvalue weighted by Gasteiger charge is -2.32. The van der Waals surface area contributed by atoms with Crippen molar-refractivity contribution in [2.75, 3.05) is 9.80 Å². The van der Waals surface area contributed by atoms with Crippen molar-refractivity contribution in [2.45, 2.75) is 229 Å². The molecule has 2 nitrogen and oxygen atoms in total. The van der Waals surface area contributed by atoms with Crippen molar-refractivity contribution in [1.29, 1.82) is 0 Å². The number of aryl methyl sites for hydroxylation is 2. The molecule has 0 aliphatic heterocycles. The van der Waals surface area contributed by atoms with Crippen LogP contribution < -0.4 is 9.80 Å². The van der Waals surface area contributed by atoms with E-state index >= 15 is 0 Å². The van der Waals surface area contributed by atoms with E-state index in [4.69, 9.17) is 0 Å². The minimum Gasteiger partial charge on any atom is -0.310 e. The Hall–Kier alpha value is -11.3. The first-order valence-corrected chi connectivity index (χ1v) is 44.3. The molecule has 18 rings (SSSR count). The van der Waals surface area contributed by atoms with E-state index < -0.39 is 0 Å². The van der Waals surface area contributed by atoms with Gasteiger partial charge in [0.15, 0.2) is 0 Å². The minimum absolute atomic E-state index is 0.0799. The molecule has 14 aromatic rings. The summed E-state index contributed by atoms with van der Waals surface area (Å²) < 4.78 is 0. The summed E-state index contributed by atoms with van der Waals surface area (Å²) in [6, 6.07) is 107. The van der Waals surface area contributed by atoms with E-state index in [1.807, 2.05) is 0 Å². The van der Waals surface area contributed by atoms with Gasteiger partial charge in [-0.1, -0.05) is 352 Å². The summed E-state index contributed by atoms with van der Waals surface area (Å²) in [5.41, 5.74) is 49.4. The highest BCUT2D eigenvalue weighted by molar-refractivity contribution is 5.96. The van der Waals surface area contributed by atoms with E-state index in [2.05, 4.69) is 469 Å². The third-order valence-corrected chi connectivity index (χ3v) is 27.8. The molecular weight excluding hydrogens is 1460 g/mol. The fourth-order valence-electron chi connectivity index (χ4n) is 20.4. The quantitative estimate of drug-likeness (QED) is 0.135. The van der Waals surface area contributed by atoms with Crippen LogP contribution >= 0.6 is 0 Å². The Balaban J connectivity index is 0.000000173. The number of nitrogens with zero attached hydrogens (tertiary/aromatic N) is 2. The lowest BCUT2D eigenvalue weighted by Crippen LogP contribution is -2.19. The molecule has 0 unspecified atom stereocenters. The zero-order valence-corrected chi connectivity index (χ0v) is 77.0. The van der Waals surface area contributed by atoms with Gasteiger partial charge in [-0.2, -0.15) is 0 Å². The summed E-state index contributed by atoms with van der Waals surface area (Å²) >= 11 is 0. The van der Waals surface area contributed by atoms with Crippen LogP contribution in [0.3, 0.4) is 0 Å². The van der Waals surface area contributed by atoms with Gasteiger partial charge in [0, 0.05) is 55.8 Å². The molecule has 0 saturated heterocycles. The Morgan fingerprint density at radius 2 is 0.405 bits per heavy atom. The zero-order chi connectivity index (χ0) is 86.1. The number of anilines is 6. The molecule has 0 spiro atoms. The van der Waals surface area contributed by atoms with Gasteiger partial charge in [-0.3, -0.25) is 0 Å². The highest BCUT2D eigenvalue weighted by Crippen LogP contribution is 2.58. The van der Waals surface area contributed by atoms with E-state index in [0.29, 0.717) is 0 Å². The Morgan fingerprint density at radius 3 is 0.645 bits per heavy atom. The van der Waals surface area contributed by atoms with Crippen LogP contribution in [0.4, 0.5) is 34.1 Å². The van der Waals surface area contributed by atoms with Crippen molar-refractivity contribution < 1.29 is 0 Å². The molecule has 2 heteroatoms. The van der Waals surface area contributed by atoms with Gasteiger partial charge in [0.1, 0.15) is 0 Å². The molecule has 0 amide bonds. The third kappa shape index (κ3) is 14.2. The van der Waals surface area contributed by atoms with Crippen LogP contribution in [0.15, 0.2) is 279 Å². The van der Waals surface area contributed by atoms with Gasteiger partial charge in [-0.25, -0.2) is 0 Å². The van der Waals surface area contributed by atoms with Crippen molar-refractivity contribution in [2.24, 2.45) is 0 Å². The normalized spacial score (nSPS) is 14.8. The fraction of sp³-hybridized carbons (Fsp3) is 0.294. The lowest BCUT2D eigenvalue weighted by atomic mass is 9.75. The molecule has 0 atom stereocenters. The van der Waals surface area contributed by atoms with Crippen LogP contribution in [0.25, 0.3) is 89.0 Å². The molecule has 14 aromatic carbocycles. The van der Waals surface area contributed by atoms with Crippen molar-refractivity contribution in [3.63, 3.8) is 0 Å². The molecule has 121 heavy (non-hydrogen) atoms. The monoisotopic (exact) mass is 1580 g/mol. The Bertz CT molecular complexity index is 6160. The average Bonchev–Trinajstić information content (AvgIpc) is 1.70. The van der Waals surface area contributed by atoms with Crippen molar-refractivity contribution in [3.05, 3.63) is 368 Å². The van der Waals surface area contributed by atoms with Crippen LogP contribution in [-0.2, 0) is 48.7 Å². The summed E-state index contributed by atoms with van der Waals surface area (Å²) in [7, 11) is 0. The topological polar surface area (TPSA) is 6.48 Å². The van der Waals surface area contributed by atoms with E-state index in [0.717, 1.165) is 34.1 Å². The first-order valence-electron chi connectivity index (χ1n) is 44.3. The molecule has 4 aliphatic rings. The van der Waals surface area contributed by atoms with Crippen LogP contribution in [0.1, 0.15) is 248 Å². The van der Waals surface area contributed by atoms with Crippen LogP contribution in [0.2, 0.25) is 0 Å². The van der Waals surface area contributed by atoms with Gasteiger partial charge in [-0.15, -0.1) is 0 Å². The van der Waals surface area contributed by atoms with Gasteiger partial charge in [-0.05, 0) is 312 Å². The summed E-state index contributed by atoms with van der Waals surface area (Å²) in [6.45, 7) is 61.0. The van der Waals surface area contributed by atoms with E-state index in [-0.39, 0.29) is 48.7 Å². The average molecular weight is 1580 g/mol. The standard InChI is InChI=1S/C61H65N.C58H59N/c1-38-20-26-44(27-21-38)62(43-18-16-15-17-19-43)45-36-50(39-22-28-46-48-30-24-41(57(2,3)4)34-54(48)60(11,12)52(46)32-39)56(59(8,9)10)51(37-45)40-23-29-47-49-31-25-42(58(5,6)7)35-55(49)61(13,14)53(47)33-40;1-36-18-24-43(25-19-36)59(42-16-14-13-15-17-42)44-34-49(38-20-26-45-47-28-22-40(55(3,4)5)32-53(47)57(9,10)51(45)30-38)37(2)50(35-44)39-21-27-46-48-29-23-41(56(6,7)8)33-54(48)58(11,12)52(46)31-39/h15-37H,1-14H3;13-35H,1-12H3. The number of hydrogen-bond acceptors (Lipinski definition) is 2. The highest BCUT2D eigenvalue weighted by atomic mass is 15.1. The second-order valence-corrected chi connectivity index (χ2v) is 42.9. The second-order valence-electron chi connectivity index (χ2n) is 42.9. The van der Waals surface area contributed by atoms with E-state index in [1.54, 1.807) is 0 Å².